The molecular weight excluding hydrogens is 416 g/mol. The summed E-state index contributed by atoms with van der Waals surface area (Å²) in [5.41, 5.74) is 0.0631. The summed E-state index contributed by atoms with van der Waals surface area (Å²) < 4.78 is -1.12. The van der Waals surface area contributed by atoms with Gasteiger partial charge in [0, 0.05) is 12.5 Å². The zero-order valence-electron chi connectivity index (χ0n) is 18.5. The van der Waals surface area contributed by atoms with Crippen molar-refractivity contribution in [3.05, 3.63) is 34.9 Å². The fourth-order valence-corrected chi connectivity index (χ4v) is 5.46. The van der Waals surface area contributed by atoms with Crippen molar-refractivity contribution in [1.82, 2.24) is 5.32 Å². The number of carbonyl (C=O) groups is 3. The standard InChI is InChI=1S/C23H30N2O5S/c1-14-9-8-10-15(2)18(14)21(28)30-25-20-19(27)23(4,29)22(3,31-20)13-17(26)24-16-11-6-5-7-12-16/h8-10,16,29H,5-7,11-13H2,1-4H3,(H,24,26)/b25-20-/t22-,23+/m1/s1. The molecule has 2 atom stereocenters. The second-order valence-corrected chi connectivity index (χ2v) is 10.3. The molecule has 0 bridgehead atoms. The lowest BCUT2D eigenvalue weighted by Crippen LogP contribution is -2.51. The summed E-state index contributed by atoms with van der Waals surface area (Å²) in [7, 11) is 0. The van der Waals surface area contributed by atoms with Crippen LogP contribution in [-0.2, 0) is 14.4 Å². The molecule has 2 fully saturated rings. The fourth-order valence-electron chi connectivity index (χ4n) is 4.17. The molecule has 31 heavy (non-hydrogen) atoms. The van der Waals surface area contributed by atoms with Gasteiger partial charge in [-0.15, -0.1) is 0 Å². The number of nitrogens with zero attached hydrogens (tertiary/aromatic N) is 1. The number of carbonyl (C=O) groups excluding carboxylic acids is 3. The highest BCUT2D eigenvalue weighted by Crippen LogP contribution is 2.47. The molecule has 3 rings (SSSR count). The summed E-state index contributed by atoms with van der Waals surface area (Å²) in [5, 5.41) is 17.6. The Hall–Kier alpha value is -2.19. The zero-order valence-corrected chi connectivity index (χ0v) is 19.3. The summed E-state index contributed by atoms with van der Waals surface area (Å²) in [5.74, 6) is -1.52. The van der Waals surface area contributed by atoms with Crippen LogP contribution < -0.4 is 5.32 Å². The van der Waals surface area contributed by atoms with E-state index in [1.165, 1.54) is 13.3 Å². The lowest BCUT2D eigenvalue weighted by atomic mass is 9.84. The third-order valence-corrected chi connectivity index (χ3v) is 7.80. The second kappa shape index (κ2) is 9.12. The van der Waals surface area contributed by atoms with Gasteiger partial charge < -0.3 is 15.3 Å². The van der Waals surface area contributed by atoms with E-state index in [1.807, 2.05) is 6.07 Å². The largest absolute Gasteiger partial charge is 0.380 e. The van der Waals surface area contributed by atoms with E-state index >= 15 is 0 Å². The fraction of sp³-hybridized carbons (Fsp3) is 0.565. The summed E-state index contributed by atoms with van der Waals surface area (Å²) in [4.78, 5) is 42.9. The second-order valence-electron chi connectivity index (χ2n) is 8.86. The average molecular weight is 447 g/mol. The molecule has 168 valence electrons. The molecule has 0 radical (unpaired) electrons. The number of rotatable bonds is 5. The summed E-state index contributed by atoms with van der Waals surface area (Å²) in [6.45, 7) is 6.62. The molecule has 1 saturated heterocycles. The molecule has 1 heterocycles. The maximum absolute atomic E-state index is 12.8. The number of hydrogen-bond acceptors (Lipinski definition) is 7. The number of oxime groups is 1. The molecule has 1 amide bonds. The van der Waals surface area contributed by atoms with Crippen LogP contribution in [-0.4, -0.2) is 44.2 Å². The van der Waals surface area contributed by atoms with E-state index in [9.17, 15) is 19.5 Å². The quantitative estimate of drug-likeness (QED) is 0.530. The highest BCUT2D eigenvalue weighted by Gasteiger charge is 2.59. The molecule has 2 aliphatic rings. The van der Waals surface area contributed by atoms with Crippen molar-refractivity contribution in [2.45, 2.75) is 82.6 Å². The van der Waals surface area contributed by atoms with Crippen LogP contribution in [0.25, 0.3) is 0 Å². The number of benzene rings is 1. The Balaban J connectivity index is 1.71. The van der Waals surface area contributed by atoms with Crippen molar-refractivity contribution in [3.63, 3.8) is 0 Å². The molecule has 8 heteroatoms. The summed E-state index contributed by atoms with van der Waals surface area (Å²) >= 11 is 0.976. The minimum atomic E-state index is -1.81. The predicted molar refractivity (Wildman–Crippen MR) is 120 cm³/mol. The molecule has 0 aromatic heterocycles. The van der Waals surface area contributed by atoms with E-state index in [0.29, 0.717) is 5.56 Å². The molecule has 1 aliphatic heterocycles. The van der Waals surface area contributed by atoms with Gasteiger partial charge in [0.25, 0.3) is 0 Å². The van der Waals surface area contributed by atoms with Crippen LogP contribution in [0.15, 0.2) is 23.4 Å². The summed E-state index contributed by atoms with van der Waals surface area (Å²) in [6.07, 6.45) is 5.23. The lowest BCUT2D eigenvalue weighted by molar-refractivity contribution is -0.132. The van der Waals surface area contributed by atoms with Gasteiger partial charge in [-0.05, 0) is 51.7 Å². The van der Waals surface area contributed by atoms with Gasteiger partial charge in [-0.2, -0.15) is 0 Å². The molecule has 1 aliphatic carbocycles. The monoisotopic (exact) mass is 446 g/mol. The Morgan fingerprint density at radius 3 is 2.42 bits per heavy atom. The van der Waals surface area contributed by atoms with Crippen molar-refractivity contribution in [2.24, 2.45) is 5.16 Å². The maximum Gasteiger partial charge on any atom is 0.366 e. The molecule has 0 unspecified atom stereocenters. The number of amides is 1. The van der Waals surface area contributed by atoms with Crippen molar-refractivity contribution in [1.29, 1.82) is 0 Å². The highest BCUT2D eigenvalue weighted by atomic mass is 32.2. The topological polar surface area (TPSA) is 105 Å². The molecule has 1 aromatic carbocycles. The van der Waals surface area contributed by atoms with Crippen LogP contribution in [0.1, 0.15) is 73.9 Å². The van der Waals surface area contributed by atoms with Crippen LogP contribution in [0.4, 0.5) is 0 Å². The van der Waals surface area contributed by atoms with Crippen LogP contribution in [0, 0.1) is 13.8 Å². The number of aryl methyl sites for hydroxylation is 2. The van der Waals surface area contributed by atoms with Gasteiger partial charge in [0.1, 0.15) is 5.60 Å². The number of Topliss-reactive ketones (excluding diaryl/α,β-unsaturated/α-hetero) is 1. The van der Waals surface area contributed by atoms with Crippen LogP contribution in [0.2, 0.25) is 0 Å². The Bertz CT molecular complexity index is 900. The SMILES string of the molecule is Cc1cccc(C)c1C(=O)O/N=C1\S[C@](C)(CC(=O)NC2CCCCC2)[C@@](C)(O)C1=O. The van der Waals surface area contributed by atoms with Gasteiger partial charge in [-0.1, -0.05) is 54.4 Å². The Kier molecular flexibility index (Phi) is 6.91. The summed E-state index contributed by atoms with van der Waals surface area (Å²) in [6, 6.07) is 5.56. The van der Waals surface area contributed by atoms with Crippen molar-refractivity contribution >= 4 is 34.5 Å². The number of aliphatic hydroxyl groups is 1. The minimum Gasteiger partial charge on any atom is -0.380 e. The molecule has 7 nitrogen and oxygen atoms in total. The first-order valence-electron chi connectivity index (χ1n) is 10.7. The predicted octanol–water partition coefficient (Wildman–Crippen LogP) is 3.44. The van der Waals surface area contributed by atoms with Crippen molar-refractivity contribution in [3.8, 4) is 0 Å². The third kappa shape index (κ3) is 4.85. The van der Waals surface area contributed by atoms with E-state index in [2.05, 4.69) is 10.5 Å². The van der Waals surface area contributed by atoms with Crippen molar-refractivity contribution < 1.29 is 24.3 Å². The molecule has 2 N–H and O–H groups in total. The number of nitrogens with one attached hydrogen (secondary N) is 1. The van der Waals surface area contributed by atoms with E-state index < -0.39 is 22.1 Å². The van der Waals surface area contributed by atoms with E-state index in [0.717, 1.165) is 48.6 Å². The van der Waals surface area contributed by atoms with Crippen LogP contribution >= 0.6 is 11.8 Å². The Morgan fingerprint density at radius 2 is 1.81 bits per heavy atom. The van der Waals surface area contributed by atoms with Gasteiger partial charge in [-0.3, -0.25) is 9.59 Å². The number of ketones is 1. The van der Waals surface area contributed by atoms with E-state index in [1.54, 1.807) is 32.9 Å². The maximum atomic E-state index is 12.8. The first-order chi connectivity index (χ1) is 14.5. The number of hydrogen-bond donors (Lipinski definition) is 2. The third-order valence-electron chi connectivity index (χ3n) is 6.35. The van der Waals surface area contributed by atoms with Gasteiger partial charge in [0.15, 0.2) is 5.04 Å². The Labute approximate surface area is 187 Å². The normalized spacial score (nSPS) is 28.0. The van der Waals surface area contributed by atoms with Gasteiger partial charge in [-0.25, -0.2) is 4.79 Å². The molecule has 0 spiro atoms. The lowest BCUT2D eigenvalue weighted by Gasteiger charge is -2.33. The average Bonchev–Trinajstić information content (AvgIpc) is 2.86. The van der Waals surface area contributed by atoms with Crippen molar-refractivity contribution in [2.75, 3.05) is 0 Å². The van der Waals surface area contributed by atoms with Gasteiger partial charge in [0.05, 0.1) is 10.3 Å². The van der Waals surface area contributed by atoms with E-state index in [-0.39, 0.29) is 23.4 Å². The van der Waals surface area contributed by atoms with Crippen LogP contribution in [0.5, 0.6) is 0 Å². The van der Waals surface area contributed by atoms with E-state index in [4.69, 9.17) is 4.84 Å². The molecular formula is C23H30N2O5S. The van der Waals surface area contributed by atoms with Gasteiger partial charge in [0.2, 0.25) is 11.7 Å². The zero-order chi connectivity index (χ0) is 22.8. The Morgan fingerprint density at radius 1 is 1.19 bits per heavy atom. The van der Waals surface area contributed by atoms with Crippen LogP contribution in [0.3, 0.4) is 0 Å². The first-order valence-corrected chi connectivity index (χ1v) is 11.5. The minimum absolute atomic E-state index is 0.0449. The smallest absolute Gasteiger partial charge is 0.366 e. The molecule has 1 aromatic rings. The molecule has 1 saturated carbocycles. The first kappa shape index (κ1) is 23.5. The van der Waals surface area contributed by atoms with Gasteiger partial charge >= 0.3 is 5.97 Å². The highest BCUT2D eigenvalue weighted by molar-refractivity contribution is 8.17. The number of thioether (sulfide) groups is 1.